The van der Waals surface area contributed by atoms with Crippen LogP contribution in [-0.2, 0) is 0 Å². The van der Waals surface area contributed by atoms with Gasteiger partial charge in [0.05, 0.1) is 0 Å². The van der Waals surface area contributed by atoms with Gasteiger partial charge in [0.2, 0.25) is 0 Å². The van der Waals surface area contributed by atoms with Crippen molar-refractivity contribution in [1.82, 2.24) is 4.90 Å². The zero-order valence-corrected chi connectivity index (χ0v) is 9.12. The first-order valence-corrected chi connectivity index (χ1v) is 6.26. The molecule has 1 aliphatic carbocycles. The summed E-state index contributed by atoms with van der Waals surface area (Å²) in [6, 6.07) is 0.865. The first-order chi connectivity index (χ1) is 6.92. The second-order valence-corrected chi connectivity index (χ2v) is 4.87. The zero-order chi connectivity index (χ0) is 9.80. The molecule has 2 aliphatic rings. The smallest absolute Gasteiger partial charge is 0.0443 e. The van der Waals surface area contributed by atoms with Crippen LogP contribution >= 0.6 is 0 Å². The van der Waals surface area contributed by atoms with Crippen LogP contribution in [0.2, 0.25) is 0 Å². The van der Waals surface area contributed by atoms with Crippen LogP contribution in [0.15, 0.2) is 0 Å². The molecule has 14 heavy (non-hydrogen) atoms. The van der Waals surface area contributed by atoms with Gasteiger partial charge in [-0.25, -0.2) is 0 Å². The lowest BCUT2D eigenvalue weighted by molar-refractivity contribution is 0.0559. The van der Waals surface area contributed by atoms with Crippen molar-refractivity contribution in [3.05, 3.63) is 0 Å². The second kappa shape index (κ2) is 5.13. The van der Waals surface area contributed by atoms with Gasteiger partial charge in [-0.1, -0.05) is 12.8 Å². The van der Waals surface area contributed by atoms with Crippen LogP contribution in [0.25, 0.3) is 0 Å². The highest BCUT2D eigenvalue weighted by Gasteiger charge is 2.32. The van der Waals surface area contributed by atoms with E-state index in [-0.39, 0.29) is 0 Å². The number of rotatable bonds is 3. The van der Waals surface area contributed by atoms with Gasteiger partial charge in [-0.15, -0.1) is 0 Å². The third-order valence-corrected chi connectivity index (χ3v) is 3.96. The fraction of sp³-hybridized carbons (Fsp3) is 1.00. The molecule has 0 radical (unpaired) electrons. The summed E-state index contributed by atoms with van der Waals surface area (Å²) in [6.45, 7) is 2.76. The van der Waals surface area contributed by atoms with E-state index in [9.17, 15) is 0 Å². The monoisotopic (exact) mass is 197 g/mol. The van der Waals surface area contributed by atoms with E-state index in [2.05, 4.69) is 4.90 Å². The lowest BCUT2D eigenvalue weighted by Gasteiger charge is -2.44. The molecule has 2 rings (SSSR count). The molecular formula is C12H23NO. The minimum Gasteiger partial charge on any atom is -0.396 e. The largest absolute Gasteiger partial charge is 0.396 e. The Morgan fingerprint density at radius 2 is 1.86 bits per heavy atom. The molecule has 1 heterocycles. The molecule has 2 heteroatoms. The van der Waals surface area contributed by atoms with Gasteiger partial charge in [-0.05, 0) is 44.6 Å². The lowest BCUT2D eigenvalue weighted by atomic mass is 9.78. The average Bonchev–Trinajstić information content (AvgIpc) is 2.26. The van der Waals surface area contributed by atoms with Gasteiger partial charge >= 0.3 is 0 Å². The Bertz CT molecular complexity index is 170. The normalized spacial score (nSPS) is 34.1. The first-order valence-electron chi connectivity index (χ1n) is 6.26. The van der Waals surface area contributed by atoms with Crippen molar-refractivity contribution in [2.45, 2.75) is 51.0 Å². The standard InChI is InChI=1S/C12H23NO/c14-10-4-9-13-8-3-6-11-5-1-2-7-12(11)13/h11-12,14H,1-10H2/t11-,12-/m1/s1. The van der Waals surface area contributed by atoms with Gasteiger partial charge in [-0.2, -0.15) is 0 Å². The third kappa shape index (κ3) is 2.29. The Balaban J connectivity index is 1.88. The molecule has 1 saturated heterocycles. The molecule has 0 aromatic rings. The summed E-state index contributed by atoms with van der Waals surface area (Å²) in [7, 11) is 0. The predicted octanol–water partition coefficient (Wildman–Crippen LogP) is 2.02. The van der Waals surface area contributed by atoms with Crippen molar-refractivity contribution in [2.24, 2.45) is 5.92 Å². The van der Waals surface area contributed by atoms with Gasteiger partial charge in [0, 0.05) is 19.2 Å². The number of hydrogen-bond donors (Lipinski definition) is 1. The van der Waals surface area contributed by atoms with Gasteiger partial charge < -0.3 is 10.0 Å². The topological polar surface area (TPSA) is 23.5 Å². The van der Waals surface area contributed by atoms with Gasteiger partial charge in [0.25, 0.3) is 0 Å². The molecular weight excluding hydrogens is 174 g/mol. The van der Waals surface area contributed by atoms with E-state index in [1.165, 1.54) is 45.1 Å². The maximum absolute atomic E-state index is 8.87. The molecule has 0 unspecified atom stereocenters. The van der Waals surface area contributed by atoms with Crippen molar-refractivity contribution in [3.8, 4) is 0 Å². The van der Waals surface area contributed by atoms with E-state index in [1.807, 2.05) is 0 Å². The molecule has 82 valence electrons. The summed E-state index contributed by atoms with van der Waals surface area (Å²) in [5.74, 6) is 0.983. The van der Waals surface area contributed by atoms with Crippen molar-refractivity contribution in [3.63, 3.8) is 0 Å². The van der Waals surface area contributed by atoms with Crippen LogP contribution in [0.5, 0.6) is 0 Å². The summed E-state index contributed by atoms with van der Waals surface area (Å²) in [4.78, 5) is 2.64. The molecule has 2 nitrogen and oxygen atoms in total. The maximum atomic E-state index is 8.87. The SMILES string of the molecule is OCCCN1CCC[C@H]2CCCC[C@H]21. The molecule has 1 saturated carbocycles. The molecule has 0 aromatic carbocycles. The van der Waals surface area contributed by atoms with Crippen molar-refractivity contribution in [1.29, 1.82) is 0 Å². The average molecular weight is 197 g/mol. The van der Waals surface area contributed by atoms with Crippen LogP contribution in [-0.4, -0.2) is 35.7 Å². The summed E-state index contributed by atoms with van der Waals surface area (Å²) >= 11 is 0. The second-order valence-electron chi connectivity index (χ2n) is 4.87. The summed E-state index contributed by atoms with van der Waals surface area (Å²) in [5, 5.41) is 8.87. The highest BCUT2D eigenvalue weighted by molar-refractivity contribution is 4.87. The quantitative estimate of drug-likeness (QED) is 0.748. The van der Waals surface area contributed by atoms with Crippen molar-refractivity contribution < 1.29 is 5.11 Å². The van der Waals surface area contributed by atoms with Gasteiger partial charge in [0.1, 0.15) is 0 Å². The molecule has 0 spiro atoms. The Morgan fingerprint density at radius 1 is 1.07 bits per heavy atom. The highest BCUT2D eigenvalue weighted by Crippen LogP contribution is 2.35. The van der Waals surface area contributed by atoms with Gasteiger partial charge in [-0.3, -0.25) is 0 Å². The predicted molar refractivity (Wildman–Crippen MR) is 58.3 cm³/mol. The van der Waals surface area contributed by atoms with Crippen LogP contribution in [0.4, 0.5) is 0 Å². The lowest BCUT2D eigenvalue weighted by Crippen LogP contribution is -2.47. The fourth-order valence-electron chi connectivity index (χ4n) is 3.28. The third-order valence-electron chi connectivity index (χ3n) is 3.96. The first kappa shape index (κ1) is 10.4. The molecule has 2 fully saturated rings. The van der Waals surface area contributed by atoms with E-state index in [4.69, 9.17) is 5.11 Å². The summed E-state index contributed by atoms with van der Waals surface area (Å²) in [5.41, 5.74) is 0. The number of nitrogens with zero attached hydrogens (tertiary/aromatic N) is 1. The minimum absolute atomic E-state index is 0.355. The van der Waals surface area contributed by atoms with E-state index in [1.54, 1.807) is 0 Å². The number of piperidine rings is 1. The Kier molecular flexibility index (Phi) is 3.82. The maximum Gasteiger partial charge on any atom is 0.0443 e. The van der Waals surface area contributed by atoms with Crippen molar-refractivity contribution >= 4 is 0 Å². The van der Waals surface area contributed by atoms with Crippen LogP contribution in [0.1, 0.15) is 44.9 Å². The molecule has 2 atom stereocenters. The number of aliphatic hydroxyl groups is 1. The van der Waals surface area contributed by atoms with Crippen molar-refractivity contribution in [2.75, 3.05) is 19.7 Å². The molecule has 0 bridgehead atoms. The van der Waals surface area contributed by atoms with Gasteiger partial charge in [0.15, 0.2) is 0 Å². The Hall–Kier alpha value is -0.0800. The highest BCUT2D eigenvalue weighted by atomic mass is 16.3. The van der Waals surface area contributed by atoms with Crippen LogP contribution in [0, 0.1) is 5.92 Å². The Labute approximate surface area is 87.3 Å². The molecule has 1 N–H and O–H groups in total. The summed E-state index contributed by atoms with van der Waals surface area (Å²) in [6.07, 6.45) is 9.55. The Morgan fingerprint density at radius 3 is 2.71 bits per heavy atom. The number of likely N-dealkylation sites (tertiary alicyclic amines) is 1. The van der Waals surface area contributed by atoms with Crippen LogP contribution in [0.3, 0.4) is 0 Å². The molecule has 1 aliphatic heterocycles. The zero-order valence-electron chi connectivity index (χ0n) is 9.12. The number of aliphatic hydroxyl groups excluding tert-OH is 1. The molecule has 0 aromatic heterocycles. The molecule has 0 amide bonds. The van der Waals surface area contributed by atoms with E-state index < -0.39 is 0 Å². The number of hydrogen-bond acceptors (Lipinski definition) is 2. The number of fused-ring (bicyclic) bond motifs is 1. The van der Waals surface area contributed by atoms with Crippen LogP contribution < -0.4 is 0 Å². The minimum atomic E-state index is 0.355. The fourth-order valence-corrected chi connectivity index (χ4v) is 3.28. The van der Waals surface area contributed by atoms with E-state index >= 15 is 0 Å². The summed E-state index contributed by atoms with van der Waals surface area (Å²) < 4.78 is 0. The van der Waals surface area contributed by atoms with E-state index in [0.717, 1.165) is 24.9 Å². The van der Waals surface area contributed by atoms with E-state index in [0.29, 0.717) is 6.61 Å².